The Labute approximate surface area is 117 Å². The average molecular weight is 303 g/mol. The zero-order valence-corrected chi connectivity index (χ0v) is 11.8. The van der Waals surface area contributed by atoms with Crippen LogP contribution in [0.25, 0.3) is 0 Å². The van der Waals surface area contributed by atoms with E-state index in [0.717, 1.165) is 5.01 Å². The number of carbonyl (C=O) groups is 1. The van der Waals surface area contributed by atoms with Crippen LogP contribution in [-0.2, 0) is 0 Å². The maximum atomic E-state index is 12.0. The first kappa shape index (κ1) is 13.2. The maximum Gasteiger partial charge on any atom is 0.268 e. The van der Waals surface area contributed by atoms with Gasteiger partial charge in [-0.1, -0.05) is 23.2 Å². The van der Waals surface area contributed by atoms with Crippen molar-refractivity contribution in [1.82, 2.24) is 15.0 Å². The van der Waals surface area contributed by atoms with Gasteiger partial charge in [0.15, 0.2) is 11.0 Å². The molecule has 0 radical (unpaired) electrons. The molecule has 0 saturated heterocycles. The molecule has 0 aliphatic rings. The molecule has 0 atom stereocenters. The minimum Gasteiger partial charge on any atom is -0.304 e. The van der Waals surface area contributed by atoms with Crippen molar-refractivity contribution in [2.45, 2.75) is 13.8 Å². The van der Waals surface area contributed by atoms with E-state index in [1.807, 2.05) is 6.92 Å². The standard InChI is InChI=1S/C10H8Cl2N4OS/c1-4-7(18-5(2)15-4)10(17)16-9-6(11)8(12)13-3-14-9/h3H,1-2H3,(H,13,14,16,17). The molecule has 2 rings (SSSR count). The SMILES string of the molecule is Cc1nc(C)c(C(=O)Nc2ncnc(Cl)c2Cl)s1. The highest BCUT2D eigenvalue weighted by Gasteiger charge is 2.16. The molecule has 1 amide bonds. The third-order valence-electron chi connectivity index (χ3n) is 2.09. The number of anilines is 1. The lowest BCUT2D eigenvalue weighted by atomic mass is 10.3. The maximum absolute atomic E-state index is 12.0. The molecule has 2 aromatic rings. The zero-order valence-electron chi connectivity index (χ0n) is 9.49. The number of aromatic nitrogens is 3. The normalized spacial score (nSPS) is 10.4. The van der Waals surface area contributed by atoms with Crippen molar-refractivity contribution in [3.8, 4) is 0 Å². The predicted octanol–water partition coefficient (Wildman–Crippen LogP) is 3.11. The second-order valence-electron chi connectivity index (χ2n) is 3.43. The molecule has 0 saturated carbocycles. The predicted molar refractivity (Wildman–Crippen MR) is 71.6 cm³/mol. The van der Waals surface area contributed by atoms with Crippen LogP contribution in [0.15, 0.2) is 6.33 Å². The minimum atomic E-state index is -0.310. The molecule has 18 heavy (non-hydrogen) atoms. The summed E-state index contributed by atoms with van der Waals surface area (Å²) in [5.41, 5.74) is 0.672. The molecule has 1 N–H and O–H groups in total. The van der Waals surface area contributed by atoms with E-state index in [1.165, 1.54) is 17.7 Å². The molecule has 2 aromatic heterocycles. The fraction of sp³-hybridized carbons (Fsp3) is 0.200. The van der Waals surface area contributed by atoms with Gasteiger partial charge in [-0.25, -0.2) is 15.0 Å². The number of aryl methyl sites for hydroxylation is 2. The molecule has 0 aromatic carbocycles. The van der Waals surface area contributed by atoms with E-state index in [4.69, 9.17) is 23.2 Å². The van der Waals surface area contributed by atoms with E-state index >= 15 is 0 Å². The van der Waals surface area contributed by atoms with Crippen molar-refractivity contribution in [3.05, 3.63) is 32.1 Å². The Morgan fingerprint density at radius 2 is 2.06 bits per heavy atom. The summed E-state index contributed by atoms with van der Waals surface area (Å²) in [5, 5.41) is 3.62. The van der Waals surface area contributed by atoms with Crippen LogP contribution in [0.1, 0.15) is 20.4 Å². The first-order chi connectivity index (χ1) is 8.49. The van der Waals surface area contributed by atoms with Crippen LogP contribution in [0, 0.1) is 13.8 Å². The van der Waals surface area contributed by atoms with Crippen molar-refractivity contribution in [1.29, 1.82) is 0 Å². The third kappa shape index (κ3) is 2.60. The second-order valence-corrected chi connectivity index (χ2v) is 5.37. The van der Waals surface area contributed by atoms with Gasteiger partial charge in [-0.2, -0.15) is 0 Å². The number of nitrogens with one attached hydrogen (secondary N) is 1. The van der Waals surface area contributed by atoms with Crippen molar-refractivity contribution in [3.63, 3.8) is 0 Å². The fourth-order valence-corrected chi connectivity index (χ4v) is 2.43. The second kappa shape index (κ2) is 5.17. The summed E-state index contributed by atoms with van der Waals surface area (Å²) in [5.74, 6) is -0.123. The highest BCUT2D eigenvalue weighted by molar-refractivity contribution is 7.13. The molecule has 0 unspecified atom stereocenters. The summed E-state index contributed by atoms with van der Waals surface area (Å²) >= 11 is 12.9. The molecule has 94 valence electrons. The number of carbonyl (C=O) groups excluding carboxylic acids is 1. The monoisotopic (exact) mass is 302 g/mol. The van der Waals surface area contributed by atoms with Crippen molar-refractivity contribution in [2.24, 2.45) is 0 Å². The first-order valence-electron chi connectivity index (χ1n) is 4.90. The summed E-state index contributed by atoms with van der Waals surface area (Å²) in [6.07, 6.45) is 1.23. The molecule has 5 nitrogen and oxygen atoms in total. The lowest BCUT2D eigenvalue weighted by Gasteiger charge is -2.05. The van der Waals surface area contributed by atoms with E-state index in [0.29, 0.717) is 10.6 Å². The molecule has 0 bridgehead atoms. The van der Waals surface area contributed by atoms with E-state index in [1.54, 1.807) is 6.92 Å². The lowest BCUT2D eigenvalue weighted by Crippen LogP contribution is -2.13. The smallest absolute Gasteiger partial charge is 0.268 e. The third-order valence-corrected chi connectivity index (χ3v) is 3.90. The minimum absolute atomic E-state index is 0.0965. The summed E-state index contributed by atoms with van der Waals surface area (Å²) in [4.78, 5) is 24.3. The van der Waals surface area contributed by atoms with Gasteiger partial charge in [0.1, 0.15) is 16.2 Å². The number of nitrogens with zero attached hydrogens (tertiary/aromatic N) is 3. The molecule has 0 spiro atoms. The number of thiazole rings is 1. The first-order valence-corrected chi connectivity index (χ1v) is 6.47. The number of halogens is 2. The highest BCUT2D eigenvalue weighted by Crippen LogP contribution is 2.26. The van der Waals surface area contributed by atoms with Crippen molar-refractivity contribution >= 4 is 46.3 Å². The largest absolute Gasteiger partial charge is 0.304 e. The van der Waals surface area contributed by atoms with Gasteiger partial charge in [-0.3, -0.25) is 4.79 Å². The van der Waals surface area contributed by atoms with E-state index in [2.05, 4.69) is 20.3 Å². The molecule has 0 aliphatic carbocycles. The van der Waals surface area contributed by atoms with Gasteiger partial charge < -0.3 is 5.32 Å². The van der Waals surface area contributed by atoms with Crippen molar-refractivity contribution in [2.75, 3.05) is 5.32 Å². The Kier molecular flexibility index (Phi) is 3.79. The molecule has 0 aliphatic heterocycles. The number of amides is 1. The summed E-state index contributed by atoms with van der Waals surface area (Å²) < 4.78 is 0. The summed E-state index contributed by atoms with van der Waals surface area (Å²) in [7, 11) is 0. The van der Waals surface area contributed by atoms with Crippen LogP contribution in [-0.4, -0.2) is 20.9 Å². The summed E-state index contributed by atoms with van der Waals surface area (Å²) in [6.45, 7) is 3.61. The van der Waals surface area contributed by atoms with Gasteiger partial charge in [-0.15, -0.1) is 11.3 Å². The van der Waals surface area contributed by atoms with Gasteiger partial charge in [-0.05, 0) is 13.8 Å². The van der Waals surface area contributed by atoms with Crippen LogP contribution in [0.3, 0.4) is 0 Å². The Balaban J connectivity index is 2.27. The molecule has 8 heteroatoms. The molecule has 2 heterocycles. The average Bonchev–Trinajstić information content (AvgIpc) is 2.64. The van der Waals surface area contributed by atoms with Gasteiger partial charge in [0.25, 0.3) is 5.91 Å². The van der Waals surface area contributed by atoms with Gasteiger partial charge in [0, 0.05) is 0 Å². The Morgan fingerprint density at radius 3 is 2.67 bits per heavy atom. The molecule has 0 fully saturated rings. The van der Waals surface area contributed by atoms with Crippen LogP contribution in [0.2, 0.25) is 10.2 Å². The number of rotatable bonds is 2. The zero-order chi connectivity index (χ0) is 13.3. The Morgan fingerprint density at radius 1 is 1.33 bits per heavy atom. The Bertz CT molecular complexity index is 614. The van der Waals surface area contributed by atoms with E-state index in [-0.39, 0.29) is 21.9 Å². The number of hydrogen-bond acceptors (Lipinski definition) is 5. The van der Waals surface area contributed by atoms with Crippen LogP contribution < -0.4 is 5.32 Å². The quantitative estimate of drug-likeness (QED) is 0.866. The van der Waals surface area contributed by atoms with Gasteiger partial charge >= 0.3 is 0 Å². The lowest BCUT2D eigenvalue weighted by molar-refractivity contribution is 0.102. The van der Waals surface area contributed by atoms with E-state index < -0.39 is 0 Å². The van der Waals surface area contributed by atoms with Crippen LogP contribution in [0.5, 0.6) is 0 Å². The number of hydrogen-bond donors (Lipinski definition) is 1. The Hall–Kier alpha value is -1.24. The van der Waals surface area contributed by atoms with E-state index in [9.17, 15) is 4.79 Å². The van der Waals surface area contributed by atoms with Crippen molar-refractivity contribution < 1.29 is 4.79 Å². The highest BCUT2D eigenvalue weighted by atomic mass is 35.5. The topological polar surface area (TPSA) is 67.8 Å². The van der Waals surface area contributed by atoms with Crippen LogP contribution in [0.4, 0.5) is 5.82 Å². The summed E-state index contributed by atoms with van der Waals surface area (Å²) in [6, 6.07) is 0. The molecular formula is C10H8Cl2N4OS. The van der Waals surface area contributed by atoms with Gasteiger partial charge in [0.05, 0.1) is 10.7 Å². The van der Waals surface area contributed by atoms with Gasteiger partial charge in [0.2, 0.25) is 0 Å². The van der Waals surface area contributed by atoms with Crippen LogP contribution >= 0.6 is 34.5 Å². The molecular weight excluding hydrogens is 295 g/mol. The fourth-order valence-electron chi connectivity index (χ4n) is 1.34.